The summed E-state index contributed by atoms with van der Waals surface area (Å²) in [5.74, 6) is 0.368. The lowest BCUT2D eigenvalue weighted by Crippen LogP contribution is -2.21. The summed E-state index contributed by atoms with van der Waals surface area (Å²) in [5.41, 5.74) is 4.20. The molecule has 0 amide bonds. The number of benzene rings is 3. The first kappa shape index (κ1) is 19.2. The van der Waals surface area contributed by atoms with Gasteiger partial charge in [0.15, 0.2) is 0 Å². The van der Waals surface area contributed by atoms with Crippen molar-refractivity contribution in [2.45, 2.75) is 25.4 Å². The zero-order valence-corrected chi connectivity index (χ0v) is 15.5. The van der Waals surface area contributed by atoms with Crippen molar-refractivity contribution < 1.29 is 10.2 Å². The number of hydrogen-bond donors (Lipinski definition) is 3. The van der Waals surface area contributed by atoms with E-state index < -0.39 is 0 Å². The number of rotatable bonds is 9. The Balaban J connectivity index is 1.66. The normalized spacial score (nSPS) is 12.0. The molecule has 0 saturated carbocycles. The summed E-state index contributed by atoms with van der Waals surface area (Å²) < 4.78 is 0. The van der Waals surface area contributed by atoms with Gasteiger partial charge in [-0.2, -0.15) is 0 Å². The monoisotopic (exact) mass is 361 g/mol. The van der Waals surface area contributed by atoms with Gasteiger partial charge in [-0.25, -0.2) is 0 Å². The Bertz CT molecular complexity index is 818. The van der Waals surface area contributed by atoms with Crippen molar-refractivity contribution in [2.24, 2.45) is 0 Å². The maximum Gasteiger partial charge on any atom is 0.119 e. The topological polar surface area (TPSA) is 52.5 Å². The van der Waals surface area contributed by atoms with Gasteiger partial charge in [-0.05, 0) is 54.8 Å². The lowest BCUT2D eigenvalue weighted by Gasteiger charge is -2.20. The molecule has 0 aliphatic carbocycles. The van der Waals surface area contributed by atoms with Crippen LogP contribution in [-0.4, -0.2) is 23.3 Å². The maximum absolute atomic E-state index is 10.4. The highest BCUT2D eigenvalue weighted by atomic mass is 16.3. The van der Waals surface area contributed by atoms with Crippen LogP contribution in [0, 0.1) is 0 Å². The van der Waals surface area contributed by atoms with Crippen LogP contribution in [0.2, 0.25) is 0 Å². The molecule has 3 N–H and O–H groups in total. The van der Waals surface area contributed by atoms with E-state index in [4.69, 9.17) is 0 Å². The Morgan fingerprint density at radius 3 is 2.19 bits per heavy atom. The highest BCUT2D eigenvalue weighted by Crippen LogP contribution is 2.34. The molecule has 0 fully saturated rings. The molecule has 3 aromatic carbocycles. The summed E-state index contributed by atoms with van der Waals surface area (Å²) >= 11 is 0. The van der Waals surface area contributed by atoms with Crippen LogP contribution in [0.15, 0.2) is 78.9 Å². The summed E-state index contributed by atoms with van der Waals surface area (Å²) in [7, 11) is 0. The van der Waals surface area contributed by atoms with Gasteiger partial charge in [0.25, 0.3) is 0 Å². The van der Waals surface area contributed by atoms with Crippen LogP contribution >= 0.6 is 0 Å². The first-order valence-electron chi connectivity index (χ1n) is 9.50. The van der Waals surface area contributed by atoms with Gasteiger partial charge < -0.3 is 15.5 Å². The summed E-state index contributed by atoms with van der Waals surface area (Å²) in [6.07, 6.45) is 1.88. The van der Waals surface area contributed by atoms with Crippen molar-refractivity contribution in [3.63, 3.8) is 0 Å². The second-order valence-corrected chi connectivity index (χ2v) is 6.79. The van der Waals surface area contributed by atoms with E-state index in [9.17, 15) is 10.2 Å². The van der Waals surface area contributed by atoms with Gasteiger partial charge in [-0.1, -0.05) is 66.7 Å². The van der Waals surface area contributed by atoms with Gasteiger partial charge in [-0.15, -0.1) is 0 Å². The zero-order valence-electron chi connectivity index (χ0n) is 15.5. The fraction of sp³-hybridized carbons (Fsp3) is 0.250. The molecule has 0 bridgehead atoms. The molecule has 0 saturated heterocycles. The molecular weight excluding hydrogens is 334 g/mol. The molecule has 3 nitrogen and oxygen atoms in total. The largest absolute Gasteiger partial charge is 0.508 e. The second-order valence-electron chi connectivity index (χ2n) is 6.79. The number of aromatic hydroxyl groups is 1. The summed E-state index contributed by atoms with van der Waals surface area (Å²) in [5, 5.41) is 23.4. The first-order chi connectivity index (χ1) is 13.3. The van der Waals surface area contributed by atoms with E-state index in [0.717, 1.165) is 37.1 Å². The maximum atomic E-state index is 10.4. The van der Waals surface area contributed by atoms with E-state index in [2.05, 4.69) is 41.7 Å². The molecule has 27 heavy (non-hydrogen) atoms. The fourth-order valence-electron chi connectivity index (χ4n) is 3.42. The van der Waals surface area contributed by atoms with Crippen LogP contribution in [0.4, 0.5) is 0 Å². The van der Waals surface area contributed by atoms with Gasteiger partial charge in [0.1, 0.15) is 5.75 Å². The highest BCUT2D eigenvalue weighted by molar-refractivity contribution is 5.43. The van der Waals surface area contributed by atoms with Gasteiger partial charge in [0.05, 0.1) is 6.61 Å². The van der Waals surface area contributed by atoms with Crippen LogP contribution in [0.25, 0.3) is 0 Å². The van der Waals surface area contributed by atoms with Gasteiger partial charge in [0.2, 0.25) is 0 Å². The number of hydrogen-bond acceptors (Lipinski definition) is 3. The van der Waals surface area contributed by atoms with E-state index in [-0.39, 0.29) is 18.3 Å². The van der Waals surface area contributed by atoms with Crippen LogP contribution < -0.4 is 5.32 Å². The van der Waals surface area contributed by atoms with Crippen molar-refractivity contribution in [1.29, 1.82) is 0 Å². The fourth-order valence-corrected chi connectivity index (χ4v) is 3.42. The molecule has 1 atom stereocenters. The average molecular weight is 361 g/mol. The minimum Gasteiger partial charge on any atom is -0.508 e. The first-order valence-corrected chi connectivity index (χ1v) is 9.50. The van der Waals surface area contributed by atoms with E-state index in [1.165, 1.54) is 11.1 Å². The molecule has 0 aliphatic rings. The van der Waals surface area contributed by atoms with E-state index >= 15 is 0 Å². The quantitative estimate of drug-likeness (QED) is 0.500. The summed E-state index contributed by atoms with van der Waals surface area (Å²) in [6.45, 7) is 1.76. The molecule has 140 valence electrons. The second kappa shape index (κ2) is 9.91. The Labute approximate surface area is 161 Å². The third-order valence-electron chi connectivity index (χ3n) is 4.89. The number of nitrogens with one attached hydrogen (secondary N) is 1. The minimum absolute atomic E-state index is 0.0237. The lowest BCUT2D eigenvalue weighted by atomic mass is 9.87. The molecule has 0 aliphatic heterocycles. The molecule has 3 heteroatoms. The smallest absolute Gasteiger partial charge is 0.119 e. The highest BCUT2D eigenvalue weighted by Gasteiger charge is 2.18. The van der Waals surface area contributed by atoms with Crippen molar-refractivity contribution in [3.05, 3.63) is 101 Å². The Morgan fingerprint density at radius 2 is 1.48 bits per heavy atom. The number of aliphatic hydroxyl groups is 1. The predicted octanol–water partition coefficient (Wildman–Crippen LogP) is 4.24. The molecule has 0 heterocycles. The van der Waals surface area contributed by atoms with Crippen LogP contribution in [0.3, 0.4) is 0 Å². The number of aliphatic hydroxyl groups excluding tert-OH is 1. The SMILES string of the molecule is OCc1ccc(O)c([C@H](CCNCCc2ccccc2)c2ccccc2)c1. The van der Waals surface area contributed by atoms with Crippen LogP contribution in [-0.2, 0) is 13.0 Å². The van der Waals surface area contributed by atoms with Crippen molar-refractivity contribution in [3.8, 4) is 5.75 Å². The minimum atomic E-state index is -0.0237. The Morgan fingerprint density at radius 1 is 0.778 bits per heavy atom. The van der Waals surface area contributed by atoms with Crippen molar-refractivity contribution >= 4 is 0 Å². The van der Waals surface area contributed by atoms with Gasteiger partial charge in [-0.3, -0.25) is 0 Å². The van der Waals surface area contributed by atoms with Crippen LogP contribution in [0.5, 0.6) is 5.75 Å². The molecule has 0 unspecified atom stereocenters. The standard InChI is InChI=1S/C24H27NO2/c26-18-20-11-12-24(27)23(17-20)22(21-9-5-2-6-10-21)14-16-25-15-13-19-7-3-1-4-8-19/h1-12,17,22,25-27H,13-16,18H2/t22-/m1/s1. The Kier molecular flexibility index (Phi) is 7.03. The van der Waals surface area contributed by atoms with Gasteiger partial charge >= 0.3 is 0 Å². The van der Waals surface area contributed by atoms with E-state index in [1.807, 2.05) is 30.3 Å². The lowest BCUT2D eigenvalue weighted by molar-refractivity contribution is 0.281. The summed E-state index contributed by atoms with van der Waals surface area (Å²) in [4.78, 5) is 0. The third kappa shape index (κ3) is 5.43. The molecule has 3 aromatic rings. The predicted molar refractivity (Wildman–Crippen MR) is 110 cm³/mol. The molecule has 0 aromatic heterocycles. The van der Waals surface area contributed by atoms with E-state index in [0.29, 0.717) is 0 Å². The number of phenols is 1. The average Bonchev–Trinajstić information content (AvgIpc) is 2.73. The zero-order chi connectivity index (χ0) is 18.9. The molecule has 3 rings (SSSR count). The van der Waals surface area contributed by atoms with E-state index in [1.54, 1.807) is 12.1 Å². The Hall–Kier alpha value is -2.62. The van der Waals surface area contributed by atoms with Crippen molar-refractivity contribution in [1.82, 2.24) is 5.32 Å². The number of phenolic OH excluding ortho intramolecular Hbond substituents is 1. The van der Waals surface area contributed by atoms with Gasteiger partial charge in [0, 0.05) is 11.5 Å². The molecule has 0 spiro atoms. The molecule has 0 radical (unpaired) electrons. The summed E-state index contributed by atoms with van der Waals surface area (Å²) in [6, 6.07) is 26.1. The van der Waals surface area contributed by atoms with Crippen LogP contribution in [0.1, 0.15) is 34.6 Å². The van der Waals surface area contributed by atoms with Crippen molar-refractivity contribution in [2.75, 3.05) is 13.1 Å². The third-order valence-corrected chi connectivity index (χ3v) is 4.89. The molecular formula is C24H27NO2.